The Bertz CT molecular complexity index is 259. The van der Waals surface area contributed by atoms with Crippen molar-refractivity contribution in [1.82, 2.24) is 0 Å². The number of phenols is 1. The highest BCUT2D eigenvalue weighted by atomic mass is 16.6. The molecule has 0 aromatic heterocycles. The molecular weight excluding hydrogens is 134 g/mol. The number of para-hydroxylation sites is 1. The maximum atomic E-state index is 10.0. The predicted octanol–water partition coefficient (Wildman–Crippen LogP) is 1.10. The largest absolute Gasteiger partial charge is 0.502 e. The van der Waals surface area contributed by atoms with Crippen molar-refractivity contribution in [2.45, 2.75) is 0 Å². The van der Waals surface area contributed by atoms with Gasteiger partial charge in [0.05, 0.1) is 11.0 Å². The summed E-state index contributed by atoms with van der Waals surface area (Å²) in [6, 6.07) is 6.38. The second-order valence-electron chi connectivity index (χ2n) is 1.66. The van der Waals surface area contributed by atoms with Crippen molar-refractivity contribution < 1.29 is 10.0 Å². The zero-order valence-electron chi connectivity index (χ0n) is 4.94. The third-order valence-corrected chi connectivity index (χ3v) is 0.996. The lowest BCUT2D eigenvalue weighted by atomic mass is 10.3. The number of rotatable bonds is 1. The van der Waals surface area contributed by atoms with Crippen LogP contribution in [0.2, 0.25) is 0 Å². The standard InChI is InChI=1S/C6H4NO3/c8-6-4-2-1-3-5(6)7(9)10/h1-2,4,8H. The molecular formula is C6H4NO3. The first-order valence-electron chi connectivity index (χ1n) is 2.56. The maximum Gasteiger partial charge on any atom is 0.318 e. The van der Waals surface area contributed by atoms with E-state index < -0.39 is 4.92 Å². The summed E-state index contributed by atoms with van der Waals surface area (Å²) in [4.78, 5) is 9.35. The summed E-state index contributed by atoms with van der Waals surface area (Å²) in [5, 5.41) is 18.8. The third kappa shape index (κ3) is 1.05. The second kappa shape index (κ2) is 2.34. The SMILES string of the molecule is O=[N+]([O-])c1[c]cccc1O. The van der Waals surface area contributed by atoms with Gasteiger partial charge in [0.1, 0.15) is 0 Å². The fraction of sp³-hybridized carbons (Fsp3) is 0. The van der Waals surface area contributed by atoms with E-state index in [1.54, 1.807) is 0 Å². The molecule has 0 spiro atoms. The van der Waals surface area contributed by atoms with Crippen LogP contribution >= 0.6 is 0 Å². The molecule has 1 aromatic carbocycles. The molecule has 0 saturated heterocycles. The van der Waals surface area contributed by atoms with Crippen molar-refractivity contribution in [3.63, 3.8) is 0 Å². The topological polar surface area (TPSA) is 63.4 Å². The fourth-order valence-electron chi connectivity index (χ4n) is 0.565. The molecule has 0 saturated carbocycles. The molecule has 1 N–H and O–H groups in total. The minimum Gasteiger partial charge on any atom is -0.502 e. The Morgan fingerprint density at radius 1 is 1.70 bits per heavy atom. The van der Waals surface area contributed by atoms with E-state index in [1.165, 1.54) is 18.2 Å². The molecule has 0 atom stereocenters. The van der Waals surface area contributed by atoms with Crippen LogP contribution in [0.25, 0.3) is 0 Å². The molecule has 0 aliphatic heterocycles. The normalized spacial score (nSPS) is 9.20. The van der Waals surface area contributed by atoms with Gasteiger partial charge < -0.3 is 5.11 Å². The van der Waals surface area contributed by atoms with Crippen molar-refractivity contribution >= 4 is 5.69 Å². The smallest absolute Gasteiger partial charge is 0.318 e. The van der Waals surface area contributed by atoms with Crippen LogP contribution in [0.5, 0.6) is 5.75 Å². The molecule has 0 fully saturated rings. The molecule has 0 bridgehead atoms. The van der Waals surface area contributed by atoms with Crippen LogP contribution in [-0.2, 0) is 0 Å². The minimum atomic E-state index is -0.685. The van der Waals surface area contributed by atoms with Crippen LogP contribution in [0.15, 0.2) is 18.2 Å². The molecule has 0 aliphatic rings. The van der Waals surface area contributed by atoms with E-state index in [0.717, 1.165) is 0 Å². The molecule has 4 nitrogen and oxygen atoms in total. The third-order valence-electron chi connectivity index (χ3n) is 0.996. The first kappa shape index (κ1) is 6.54. The van der Waals surface area contributed by atoms with Gasteiger partial charge in [-0.05, 0) is 12.1 Å². The Balaban J connectivity index is 3.15. The Morgan fingerprint density at radius 2 is 2.40 bits per heavy atom. The number of hydrogen-bond donors (Lipinski definition) is 1. The molecule has 0 aliphatic carbocycles. The highest BCUT2D eigenvalue weighted by Gasteiger charge is 2.09. The lowest BCUT2D eigenvalue weighted by Gasteiger charge is -1.90. The van der Waals surface area contributed by atoms with Crippen molar-refractivity contribution in [3.05, 3.63) is 34.4 Å². The number of nitro benzene ring substituents is 1. The summed E-state index contributed by atoms with van der Waals surface area (Å²) < 4.78 is 0. The van der Waals surface area contributed by atoms with Gasteiger partial charge >= 0.3 is 5.69 Å². The van der Waals surface area contributed by atoms with Crippen molar-refractivity contribution in [2.75, 3.05) is 0 Å². The van der Waals surface area contributed by atoms with E-state index in [9.17, 15) is 10.1 Å². The van der Waals surface area contributed by atoms with Gasteiger partial charge in [-0.1, -0.05) is 6.07 Å². The average Bonchev–Trinajstić information content (AvgIpc) is 1.88. The lowest BCUT2D eigenvalue weighted by molar-refractivity contribution is -0.386. The van der Waals surface area contributed by atoms with Crippen LogP contribution in [0.3, 0.4) is 0 Å². The number of benzene rings is 1. The first-order valence-corrected chi connectivity index (χ1v) is 2.56. The van der Waals surface area contributed by atoms with E-state index in [1.807, 2.05) is 0 Å². The minimum absolute atomic E-state index is 0.354. The van der Waals surface area contributed by atoms with Gasteiger partial charge in [0.15, 0.2) is 5.75 Å². The number of nitrogens with zero attached hydrogens (tertiary/aromatic N) is 1. The van der Waals surface area contributed by atoms with Crippen LogP contribution in [0.4, 0.5) is 5.69 Å². The number of aromatic hydroxyl groups is 1. The van der Waals surface area contributed by atoms with E-state index in [-0.39, 0.29) is 11.4 Å². The van der Waals surface area contributed by atoms with Gasteiger partial charge in [0, 0.05) is 0 Å². The highest BCUT2D eigenvalue weighted by molar-refractivity contribution is 5.43. The second-order valence-corrected chi connectivity index (χ2v) is 1.66. The quantitative estimate of drug-likeness (QED) is 0.466. The highest BCUT2D eigenvalue weighted by Crippen LogP contribution is 2.22. The molecule has 51 valence electrons. The fourth-order valence-corrected chi connectivity index (χ4v) is 0.565. The van der Waals surface area contributed by atoms with Gasteiger partial charge in [0.25, 0.3) is 0 Å². The summed E-state index contributed by atoms with van der Waals surface area (Å²) in [7, 11) is 0. The van der Waals surface area contributed by atoms with Gasteiger partial charge in [-0.25, -0.2) is 0 Å². The molecule has 0 amide bonds. The molecule has 10 heavy (non-hydrogen) atoms. The predicted molar refractivity (Wildman–Crippen MR) is 33.6 cm³/mol. The molecule has 1 aromatic rings. The molecule has 1 rings (SSSR count). The summed E-state index contributed by atoms with van der Waals surface area (Å²) in [6.45, 7) is 0. The Labute approximate surface area is 56.9 Å². The lowest BCUT2D eigenvalue weighted by Crippen LogP contribution is -1.87. The molecule has 1 radical (unpaired) electrons. The van der Waals surface area contributed by atoms with Crippen LogP contribution in [0, 0.1) is 16.2 Å². The van der Waals surface area contributed by atoms with Gasteiger partial charge in [-0.3, -0.25) is 10.1 Å². The molecule has 0 heterocycles. The van der Waals surface area contributed by atoms with Crippen molar-refractivity contribution in [2.24, 2.45) is 0 Å². The van der Waals surface area contributed by atoms with Crippen molar-refractivity contribution in [1.29, 1.82) is 0 Å². The van der Waals surface area contributed by atoms with E-state index in [4.69, 9.17) is 5.11 Å². The number of nitro groups is 1. The average molecular weight is 138 g/mol. The van der Waals surface area contributed by atoms with Crippen LogP contribution in [-0.4, -0.2) is 10.0 Å². The van der Waals surface area contributed by atoms with Gasteiger partial charge in [-0.2, -0.15) is 0 Å². The Morgan fingerprint density at radius 3 is 2.80 bits per heavy atom. The van der Waals surface area contributed by atoms with Gasteiger partial charge in [-0.15, -0.1) is 0 Å². The maximum absolute atomic E-state index is 10.0. The zero-order chi connectivity index (χ0) is 7.56. The summed E-state index contributed by atoms with van der Waals surface area (Å²) in [6.07, 6.45) is 0. The first-order chi connectivity index (χ1) is 4.72. The summed E-state index contributed by atoms with van der Waals surface area (Å²) in [5.41, 5.74) is -0.387. The summed E-state index contributed by atoms with van der Waals surface area (Å²) in [5.74, 6) is -0.354. The number of hydrogen-bond acceptors (Lipinski definition) is 3. The van der Waals surface area contributed by atoms with Crippen LogP contribution < -0.4 is 0 Å². The Kier molecular flexibility index (Phi) is 1.53. The Hall–Kier alpha value is -1.58. The van der Waals surface area contributed by atoms with E-state index in [0.29, 0.717) is 0 Å². The zero-order valence-corrected chi connectivity index (χ0v) is 4.94. The summed E-state index contributed by atoms with van der Waals surface area (Å²) >= 11 is 0. The van der Waals surface area contributed by atoms with Gasteiger partial charge in [0.2, 0.25) is 0 Å². The monoisotopic (exact) mass is 138 g/mol. The number of phenolic OH excluding ortho intramolecular Hbond substituents is 1. The van der Waals surface area contributed by atoms with E-state index >= 15 is 0 Å². The van der Waals surface area contributed by atoms with E-state index in [2.05, 4.69) is 6.07 Å². The molecule has 4 heteroatoms. The van der Waals surface area contributed by atoms with Crippen LogP contribution in [0.1, 0.15) is 0 Å². The van der Waals surface area contributed by atoms with Crippen molar-refractivity contribution in [3.8, 4) is 5.75 Å². The molecule has 0 unspecified atom stereocenters.